The van der Waals surface area contributed by atoms with E-state index in [4.69, 9.17) is 4.74 Å². The zero-order chi connectivity index (χ0) is 11.5. The minimum absolute atomic E-state index is 0. The molecule has 0 radical (unpaired) electrons. The van der Waals surface area contributed by atoms with Gasteiger partial charge in [0.1, 0.15) is 5.60 Å². The van der Waals surface area contributed by atoms with Gasteiger partial charge in [-0.3, -0.25) is 0 Å². The van der Waals surface area contributed by atoms with Gasteiger partial charge in [0.05, 0.1) is 0 Å². The van der Waals surface area contributed by atoms with Crippen LogP contribution >= 0.6 is 0 Å². The smallest absolute Gasteiger partial charge is 1.00 e. The Labute approximate surface area is 132 Å². The molecule has 5 heteroatoms. The van der Waals surface area contributed by atoms with Gasteiger partial charge in [0.2, 0.25) is 0 Å². The average Bonchev–Trinajstić information content (AvgIpc) is 2.15. The normalized spacial score (nSPS) is 20.0. The van der Waals surface area contributed by atoms with Gasteiger partial charge < -0.3 is 33.5 Å². The quantitative estimate of drug-likeness (QED) is 0.481. The van der Waals surface area contributed by atoms with Crippen LogP contribution in [-0.4, -0.2) is 52.7 Å². The van der Waals surface area contributed by atoms with Crippen molar-refractivity contribution in [3.05, 3.63) is 6.92 Å². The molecule has 3 nitrogen and oxygen atoms in total. The van der Waals surface area contributed by atoms with Crippen molar-refractivity contribution in [3.63, 3.8) is 0 Å². The summed E-state index contributed by atoms with van der Waals surface area (Å²) in [7, 11) is 0. The number of likely N-dealkylation sites (tertiary alicyclic amines) is 1. The van der Waals surface area contributed by atoms with E-state index in [9.17, 15) is 4.79 Å². The minimum atomic E-state index is -0.394. The van der Waals surface area contributed by atoms with Gasteiger partial charge in [0, 0.05) is 13.1 Å². The summed E-state index contributed by atoms with van der Waals surface area (Å²) < 4.78 is 5.34. The van der Waals surface area contributed by atoms with Crippen molar-refractivity contribution in [2.24, 2.45) is 5.92 Å². The molecule has 1 saturated heterocycles. The van der Waals surface area contributed by atoms with Crippen LogP contribution in [0.3, 0.4) is 0 Å². The van der Waals surface area contributed by atoms with Crippen LogP contribution in [0.5, 0.6) is 0 Å². The van der Waals surface area contributed by atoms with Gasteiger partial charge >= 0.3 is 29.1 Å². The maximum Gasteiger partial charge on any atom is 2.00 e. The molecule has 17 heavy (non-hydrogen) atoms. The van der Waals surface area contributed by atoms with E-state index in [1.807, 2.05) is 25.7 Å². The Hall–Kier alpha value is 0.516. The summed E-state index contributed by atoms with van der Waals surface area (Å²) in [4.78, 5) is 13.6. The fourth-order valence-corrected chi connectivity index (χ4v) is 1.79. The molecule has 1 amide bonds. The molecule has 0 spiro atoms. The monoisotopic (exact) mass is 315 g/mol. The Morgan fingerprint density at radius 2 is 2.06 bits per heavy atom. The molecule has 1 unspecified atom stereocenters. The summed E-state index contributed by atoms with van der Waals surface area (Å²) in [6, 6.07) is 0. The molecule has 1 heterocycles. The molecular weight excluding hydrogens is 294 g/mol. The first-order chi connectivity index (χ1) is 6.92. The maximum atomic E-state index is 11.8. The van der Waals surface area contributed by atoms with E-state index in [1.54, 1.807) is 0 Å². The molecule has 96 valence electrons. The zero-order valence-electron chi connectivity index (χ0n) is 11.2. The van der Waals surface area contributed by atoms with Crippen molar-refractivity contribution in [2.45, 2.75) is 45.6 Å². The van der Waals surface area contributed by atoms with E-state index < -0.39 is 5.60 Å². The SMILES string of the molecule is [Br-].[CH2-]CC1CCCN(C(=O)OC(C)(C)C)C1.[Mg+2]. The van der Waals surface area contributed by atoms with E-state index in [2.05, 4.69) is 6.92 Å². The van der Waals surface area contributed by atoms with Crippen LogP contribution < -0.4 is 17.0 Å². The number of hydrogen-bond acceptors (Lipinski definition) is 2. The van der Waals surface area contributed by atoms with Crippen LogP contribution in [0.1, 0.15) is 40.0 Å². The van der Waals surface area contributed by atoms with Crippen molar-refractivity contribution in [3.8, 4) is 0 Å². The third kappa shape index (κ3) is 7.52. The molecule has 0 aromatic carbocycles. The fraction of sp³-hybridized carbons (Fsp3) is 0.833. The molecule has 0 aromatic heterocycles. The van der Waals surface area contributed by atoms with Crippen LogP contribution in [0.2, 0.25) is 0 Å². The first-order valence-corrected chi connectivity index (χ1v) is 5.69. The van der Waals surface area contributed by atoms with E-state index in [1.165, 1.54) is 6.42 Å². The van der Waals surface area contributed by atoms with Gasteiger partial charge in [-0.25, -0.2) is 4.79 Å². The zero-order valence-corrected chi connectivity index (χ0v) is 14.2. The van der Waals surface area contributed by atoms with Crippen LogP contribution in [0.15, 0.2) is 0 Å². The molecular formula is C12H22BrMgNO2. The third-order valence-electron chi connectivity index (χ3n) is 2.58. The van der Waals surface area contributed by atoms with E-state index in [-0.39, 0.29) is 46.1 Å². The molecule has 1 atom stereocenters. The second-order valence-corrected chi connectivity index (χ2v) is 5.22. The van der Waals surface area contributed by atoms with E-state index in [0.717, 1.165) is 25.9 Å². The summed E-state index contributed by atoms with van der Waals surface area (Å²) in [6.45, 7) is 11.2. The molecule has 0 N–H and O–H groups in total. The Morgan fingerprint density at radius 3 is 2.53 bits per heavy atom. The predicted molar refractivity (Wildman–Crippen MR) is 66.3 cm³/mol. The third-order valence-corrected chi connectivity index (χ3v) is 2.58. The number of nitrogens with zero attached hydrogens (tertiary/aromatic N) is 1. The Balaban J connectivity index is 0. The largest absolute Gasteiger partial charge is 2.00 e. The number of hydrogen-bond donors (Lipinski definition) is 0. The topological polar surface area (TPSA) is 29.5 Å². The number of carbonyl (C=O) groups is 1. The first-order valence-electron chi connectivity index (χ1n) is 5.69. The number of amides is 1. The average molecular weight is 317 g/mol. The molecule has 0 aliphatic carbocycles. The van der Waals surface area contributed by atoms with Crippen LogP contribution in [0.25, 0.3) is 0 Å². The van der Waals surface area contributed by atoms with Crippen LogP contribution in [-0.2, 0) is 4.74 Å². The number of piperidine rings is 1. The van der Waals surface area contributed by atoms with E-state index in [0.29, 0.717) is 5.92 Å². The van der Waals surface area contributed by atoms with Gasteiger partial charge in [-0.05, 0) is 33.6 Å². The summed E-state index contributed by atoms with van der Waals surface area (Å²) in [5, 5.41) is 0. The van der Waals surface area contributed by atoms with Crippen molar-refractivity contribution >= 4 is 29.1 Å². The Kier molecular flexibility index (Phi) is 10.0. The molecule has 0 aromatic rings. The number of rotatable bonds is 1. The number of ether oxygens (including phenoxy) is 1. The molecule has 1 aliphatic rings. The number of carbonyl (C=O) groups excluding carboxylic acids is 1. The molecule has 1 aliphatic heterocycles. The van der Waals surface area contributed by atoms with Crippen molar-refractivity contribution in [1.29, 1.82) is 0 Å². The Bertz CT molecular complexity index is 231. The Morgan fingerprint density at radius 1 is 1.47 bits per heavy atom. The van der Waals surface area contributed by atoms with Crippen molar-refractivity contribution in [2.75, 3.05) is 13.1 Å². The van der Waals surface area contributed by atoms with Crippen molar-refractivity contribution in [1.82, 2.24) is 4.90 Å². The molecule has 1 fully saturated rings. The van der Waals surface area contributed by atoms with Gasteiger partial charge in [-0.1, -0.05) is 5.92 Å². The number of halogens is 1. The fourth-order valence-electron chi connectivity index (χ4n) is 1.79. The standard InChI is InChI=1S/C12H22NO2.BrH.Mg/c1-5-10-7-6-8-13(9-10)11(14)15-12(2,3)4;;/h10H,1,5-9H2,2-4H3;1H;/q-1;;+2/p-1. The van der Waals surface area contributed by atoms with Crippen LogP contribution in [0, 0.1) is 12.8 Å². The molecule has 1 rings (SSSR count). The summed E-state index contributed by atoms with van der Waals surface area (Å²) in [5.74, 6) is 0.547. The second kappa shape index (κ2) is 8.59. The van der Waals surface area contributed by atoms with E-state index >= 15 is 0 Å². The summed E-state index contributed by atoms with van der Waals surface area (Å²) in [5.41, 5.74) is -0.394. The van der Waals surface area contributed by atoms with Gasteiger partial charge in [-0.2, -0.15) is 6.42 Å². The second-order valence-electron chi connectivity index (χ2n) is 5.22. The van der Waals surface area contributed by atoms with Gasteiger partial charge in [-0.15, -0.1) is 0 Å². The predicted octanol–water partition coefficient (Wildman–Crippen LogP) is -0.519. The molecule has 0 saturated carbocycles. The summed E-state index contributed by atoms with van der Waals surface area (Å²) in [6.07, 6.45) is 2.97. The maximum absolute atomic E-state index is 11.8. The van der Waals surface area contributed by atoms with Crippen molar-refractivity contribution < 1.29 is 26.5 Å². The summed E-state index contributed by atoms with van der Waals surface area (Å²) >= 11 is 0. The molecule has 0 bridgehead atoms. The van der Waals surface area contributed by atoms with Gasteiger partial charge in [0.15, 0.2) is 0 Å². The van der Waals surface area contributed by atoms with Gasteiger partial charge in [0.25, 0.3) is 0 Å². The van der Waals surface area contributed by atoms with Crippen LogP contribution in [0.4, 0.5) is 4.79 Å². The minimum Gasteiger partial charge on any atom is -1.00 e. The first kappa shape index (κ1) is 19.8.